The smallest absolute Gasteiger partial charge is 0.187 e. The predicted molar refractivity (Wildman–Crippen MR) is 101 cm³/mol. The molecule has 0 saturated carbocycles. The normalized spacial score (nSPS) is 22.6. The lowest BCUT2D eigenvalue weighted by atomic mass is 9.99. The summed E-state index contributed by atoms with van der Waals surface area (Å²) in [5.74, 6) is 1.40. The fraction of sp³-hybridized carbons (Fsp3) is 0.950. The predicted octanol–water partition coefficient (Wildman–Crippen LogP) is 5.00. The maximum Gasteiger partial charge on any atom is 0.187 e. The van der Waals surface area contributed by atoms with Crippen LogP contribution in [0.5, 0.6) is 0 Å². The minimum atomic E-state index is -0.259. The zero-order chi connectivity index (χ0) is 18.2. The SMILES string of the molecule is CCCCC(CC)C1=NC(C)(COC(C)(C)CCOC(C)C)CO1. The fourth-order valence-corrected chi connectivity index (χ4v) is 2.76. The molecule has 0 radical (unpaired) electrons. The molecule has 0 aromatic rings. The van der Waals surface area contributed by atoms with Gasteiger partial charge in [-0.2, -0.15) is 0 Å². The van der Waals surface area contributed by atoms with E-state index in [4.69, 9.17) is 19.2 Å². The van der Waals surface area contributed by atoms with Gasteiger partial charge in [-0.25, -0.2) is 4.99 Å². The summed E-state index contributed by atoms with van der Waals surface area (Å²) < 4.78 is 17.8. The number of ether oxygens (including phenoxy) is 3. The van der Waals surface area contributed by atoms with Crippen molar-refractivity contribution in [1.82, 2.24) is 0 Å². The molecule has 1 heterocycles. The first-order valence-electron chi connectivity index (χ1n) is 9.69. The first kappa shape index (κ1) is 21.4. The van der Waals surface area contributed by atoms with Crippen LogP contribution >= 0.6 is 0 Å². The average Bonchev–Trinajstić information content (AvgIpc) is 2.89. The maximum absolute atomic E-state index is 6.17. The average molecular weight is 342 g/mol. The van der Waals surface area contributed by atoms with Crippen molar-refractivity contribution in [2.24, 2.45) is 10.9 Å². The summed E-state index contributed by atoms with van der Waals surface area (Å²) in [6.07, 6.45) is 5.86. The Morgan fingerprint density at radius 3 is 2.58 bits per heavy atom. The van der Waals surface area contributed by atoms with Crippen molar-refractivity contribution < 1.29 is 14.2 Å². The van der Waals surface area contributed by atoms with Gasteiger partial charge in [0.1, 0.15) is 12.1 Å². The second-order valence-corrected chi connectivity index (χ2v) is 8.20. The van der Waals surface area contributed by atoms with Crippen molar-refractivity contribution in [3.8, 4) is 0 Å². The highest BCUT2D eigenvalue weighted by Crippen LogP contribution is 2.28. The lowest BCUT2D eigenvalue weighted by molar-refractivity contribution is -0.0644. The number of unbranched alkanes of at least 4 members (excludes halogenated alkanes) is 1. The summed E-state index contributed by atoms with van der Waals surface area (Å²) in [4.78, 5) is 4.89. The molecule has 0 aliphatic carbocycles. The van der Waals surface area contributed by atoms with Crippen LogP contribution in [0.4, 0.5) is 0 Å². The summed E-state index contributed by atoms with van der Waals surface area (Å²) in [6, 6.07) is 0. The highest BCUT2D eigenvalue weighted by Gasteiger charge is 2.36. The Kier molecular flexibility index (Phi) is 8.72. The van der Waals surface area contributed by atoms with Gasteiger partial charge in [0.05, 0.1) is 18.3 Å². The molecule has 1 aliphatic heterocycles. The molecule has 2 unspecified atom stereocenters. The number of aliphatic imine (C=N–C) groups is 1. The van der Waals surface area contributed by atoms with Gasteiger partial charge in [-0.15, -0.1) is 0 Å². The van der Waals surface area contributed by atoms with Gasteiger partial charge in [-0.3, -0.25) is 0 Å². The molecule has 0 saturated heterocycles. The van der Waals surface area contributed by atoms with E-state index in [1.165, 1.54) is 19.3 Å². The van der Waals surface area contributed by atoms with Crippen LogP contribution in [0.1, 0.15) is 80.6 Å². The molecule has 0 aromatic carbocycles. The molecule has 4 heteroatoms. The monoisotopic (exact) mass is 341 g/mol. The van der Waals surface area contributed by atoms with Gasteiger partial charge < -0.3 is 14.2 Å². The lowest BCUT2D eigenvalue weighted by Gasteiger charge is -2.29. The highest BCUT2D eigenvalue weighted by atomic mass is 16.5. The molecule has 24 heavy (non-hydrogen) atoms. The van der Waals surface area contributed by atoms with Gasteiger partial charge >= 0.3 is 0 Å². The van der Waals surface area contributed by atoms with Crippen LogP contribution in [0.15, 0.2) is 4.99 Å². The van der Waals surface area contributed by atoms with E-state index in [1.807, 2.05) is 0 Å². The summed E-state index contributed by atoms with van der Waals surface area (Å²) >= 11 is 0. The van der Waals surface area contributed by atoms with Crippen LogP contribution in [-0.4, -0.2) is 43.0 Å². The Morgan fingerprint density at radius 1 is 1.29 bits per heavy atom. The van der Waals surface area contributed by atoms with Gasteiger partial charge in [-0.1, -0.05) is 26.7 Å². The van der Waals surface area contributed by atoms with E-state index in [2.05, 4.69) is 48.5 Å². The molecular formula is C20H39NO3. The molecule has 0 aromatic heterocycles. The topological polar surface area (TPSA) is 40.0 Å². The molecule has 0 amide bonds. The third kappa shape index (κ3) is 7.52. The van der Waals surface area contributed by atoms with E-state index in [0.717, 1.165) is 25.3 Å². The molecule has 1 rings (SSSR count). The molecule has 2 atom stereocenters. The molecule has 4 nitrogen and oxygen atoms in total. The zero-order valence-corrected chi connectivity index (χ0v) is 17.0. The highest BCUT2D eigenvalue weighted by molar-refractivity contribution is 5.80. The molecule has 1 aliphatic rings. The number of hydrogen-bond donors (Lipinski definition) is 0. The molecule has 0 fully saturated rings. The minimum absolute atomic E-state index is 0.206. The maximum atomic E-state index is 6.17. The lowest BCUT2D eigenvalue weighted by Crippen LogP contribution is -2.37. The fourth-order valence-electron chi connectivity index (χ4n) is 2.76. The van der Waals surface area contributed by atoms with E-state index in [1.54, 1.807) is 0 Å². The first-order chi connectivity index (χ1) is 11.2. The van der Waals surface area contributed by atoms with Crippen molar-refractivity contribution in [3.63, 3.8) is 0 Å². The first-order valence-corrected chi connectivity index (χ1v) is 9.69. The quantitative estimate of drug-likeness (QED) is 0.501. The Hall–Kier alpha value is -0.610. The molecule has 142 valence electrons. The Labute approximate surface area is 149 Å². The van der Waals surface area contributed by atoms with Gasteiger partial charge in [0, 0.05) is 12.5 Å². The molecular weight excluding hydrogens is 302 g/mol. The Morgan fingerprint density at radius 2 is 2.00 bits per heavy atom. The van der Waals surface area contributed by atoms with E-state index < -0.39 is 0 Å². The Balaban J connectivity index is 2.51. The summed E-state index contributed by atoms with van der Waals surface area (Å²) in [6.45, 7) is 16.9. The van der Waals surface area contributed by atoms with Gasteiger partial charge in [-0.05, 0) is 53.9 Å². The van der Waals surface area contributed by atoms with Crippen molar-refractivity contribution in [3.05, 3.63) is 0 Å². The van der Waals surface area contributed by atoms with E-state index in [0.29, 0.717) is 19.1 Å². The second-order valence-electron chi connectivity index (χ2n) is 8.20. The number of hydrogen-bond acceptors (Lipinski definition) is 4. The van der Waals surface area contributed by atoms with E-state index >= 15 is 0 Å². The van der Waals surface area contributed by atoms with Crippen molar-refractivity contribution in [2.45, 2.75) is 97.8 Å². The summed E-state index contributed by atoms with van der Waals surface area (Å²) in [7, 11) is 0. The third-order valence-electron chi connectivity index (χ3n) is 4.59. The number of nitrogens with zero attached hydrogens (tertiary/aromatic N) is 1. The molecule has 0 N–H and O–H groups in total. The minimum Gasteiger partial charge on any atom is -0.478 e. The van der Waals surface area contributed by atoms with Crippen LogP contribution in [0.2, 0.25) is 0 Å². The summed E-state index contributed by atoms with van der Waals surface area (Å²) in [5, 5.41) is 0. The van der Waals surface area contributed by atoms with Crippen LogP contribution in [0.25, 0.3) is 0 Å². The Bertz CT molecular complexity index is 392. The van der Waals surface area contributed by atoms with Crippen LogP contribution in [0, 0.1) is 5.92 Å². The summed E-state index contributed by atoms with van der Waals surface area (Å²) in [5.41, 5.74) is -0.465. The molecule has 0 spiro atoms. The van der Waals surface area contributed by atoms with Crippen molar-refractivity contribution >= 4 is 5.90 Å². The van der Waals surface area contributed by atoms with E-state index in [-0.39, 0.29) is 17.2 Å². The molecule has 0 bridgehead atoms. The van der Waals surface area contributed by atoms with Gasteiger partial charge in [0.25, 0.3) is 0 Å². The van der Waals surface area contributed by atoms with Gasteiger partial charge in [0.2, 0.25) is 0 Å². The second kappa shape index (κ2) is 9.76. The van der Waals surface area contributed by atoms with E-state index in [9.17, 15) is 0 Å². The largest absolute Gasteiger partial charge is 0.478 e. The van der Waals surface area contributed by atoms with Crippen molar-refractivity contribution in [1.29, 1.82) is 0 Å². The van der Waals surface area contributed by atoms with Crippen LogP contribution in [-0.2, 0) is 14.2 Å². The van der Waals surface area contributed by atoms with Crippen molar-refractivity contribution in [2.75, 3.05) is 19.8 Å². The van der Waals surface area contributed by atoms with Crippen LogP contribution < -0.4 is 0 Å². The standard InChI is InChI=1S/C20H39NO3/c1-8-10-11-17(9-2)18-21-20(7,14-23-18)15-24-19(5,6)12-13-22-16(3)4/h16-17H,8-15H2,1-7H3. The third-order valence-corrected chi connectivity index (χ3v) is 4.59. The van der Waals surface area contributed by atoms with Gasteiger partial charge in [0.15, 0.2) is 5.90 Å². The number of rotatable bonds is 12. The zero-order valence-electron chi connectivity index (χ0n) is 17.0. The van der Waals surface area contributed by atoms with Crippen LogP contribution in [0.3, 0.4) is 0 Å².